The highest BCUT2D eigenvalue weighted by Gasteiger charge is 2.45. The lowest BCUT2D eigenvalue weighted by Gasteiger charge is -2.29. The first-order chi connectivity index (χ1) is 9.27. The maximum atomic E-state index is 12.6. The van der Waals surface area contributed by atoms with Gasteiger partial charge < -0.3 is 5.32 Å². The van der Waals surface area contributed by atoms with E-state index in [1.807, 2.05) is 0 Å². The van der Waals surface area contributed by atoms with E-state index < -0.39 is 0 Å². The number of nitrogens with one attached hydrogen (secondary N) is 1. The van der Waals surface area contributed by atoms with Crippen LogP contribution in [0.1, 0.15) is 64.2 Å². The molecule has 19 heavy (non-hydrogen) atoms. The number of nitrogens with zero attached hydrogens (tertiary/aromatic N) is 1. The Bertz CT molecular complexity index is 357. The number of hydrogen-bond donors (Lipinski definition) is 1. The van der Waals surface area contributed by atoms with Crippen LogP contribution in [0.4, 0.5) is 4.79 Å². The lowest BCUT2D eigenvalue weighted by Crippen LogP contribution is -2.43. The number of rotatable bonds is 2. The van der Waals surface area contributed by atoms with Crippen molar-refractivity contribution in [2.75, 3.05) is 0 Å². The Balaban J connectivity index is 1.69. The Labute approximate surface area is 114 Å². The summed E-state index contributed by atoms with van der Waals surface area (Å²) in [5.74, 6) is 0.433. The summed E-state index contributed by atoms with van der Waals surface area (Å²) >= 11 is 0. The van der Waals surface area contributed by atoms with Gasteiger partial charge in [-0.3, -0.25) is 9.69 Å². The second-order valence-electron chi connectivity index (χ2n) is 6.33. The molecule has 0 aromatic carbocycles. The van der Waals surface area contributed by atoms with Crippen molar-refractivity contribution in [3.8, 4) is 0 Å². The number of carbonyl (C=O) groups is 2. The minimum absolute atomic E-state index is 0.0591. The summed E-state index contributed by atoms with van der Waals surface area (Å²) < 4.78 is 0. The van der Waals surface area contributed by atoms with Crippen molar-refractivity contribution in [2.24, 2.45) is 5.92 Å². The number of amides is 3. The molecule has 0 spiro atoms. The zero-order valence-electron chi connectivity index (χ0n) is 11.6. The van der Waals surface area contributed by atoms with Gasteiger partial charge in [0.25, 0.3) is 5.91 Å². The first-order valence-electron chi connectivity index (χ1n) is 7.91. The van der Waals surface area contributed by atoms with E-state index in [1.54, 1.807) is 4.90 Å². The highest BCUT2D eigenvalue weighted by molar-refractivity contribution is 6.04. The minimum Gasteiger partial charge on any atom is -0.326 e. The van der Waals surface area contributed by atoms with Crippen LogP contribution in [-0.4, -0.2) is 28.9 Å². The van der Waals surface area contributed by atoms with E-state index in [-0.39, 0.29) is 24.0 Å². The Hall–Kier alpha value is -1.06. The van der Waals surface area contributed by atoms with Crippen LogP contribution < -0.4 is 5.32 Å². The lowest BCUT2D eigenvalue weighted by molar-refractivity contribution is -0.130. The third-order valence-electron chi connectivity index (χ3n) is 5.06. The van der Waals surface area contributed by atoms with Crippen LogP contribution in [0.2, 0.25) is 0 Å². The minimum atomic E-state index is -0.227. The normalized spacial score (nSPS) is 30.7. The van der Waals surface area contributed by atoms with Crippen LogP contribution in [0.15, 0.2) is 0 Å². The van der Waals surface area contributed by atoms with Gasteiger partial charge in [-0.15, -0.1) is 0 Å². The van der Waals surface area contributed by atoms with Crippen molar-refractivity contribution < 1.29 is 9.59 Å². The predicted octanol–water partition coefficient (Wildman–Crippen LogP) is 2.82. The number of carbonyl (C=O) groups excluding carboxylic acids is 2. The lowest BCUT2D eigenvalue weighted by atomic mass is 9.83. The third-order valence-corrected chi connectivity index (χ3v) is 5.06. The Morgan fingerprint density at radius 3 is 2.05 bits per heavy atom. The molecule has 106 valence electrons. The van der Waals surface area contributed by atoms with Crippen LogP contribution >= 0.6 is 0 Å². The number of imide groups is 1. The summed E-state index contributed by atoms with van der Waals surface area (Å²) in [6.07, 6.45) is 11.4. The maximum Gasteiger partial charge on any atom is 0.325 e. The fourth-order valence-electron chi connectivity index (χ4n) is 3.99. The molecular weight excluding hydrogens is 240 g/mol. The molecule has 1 aliphatic heterocycles. The smallest absolute Gasteiger partial charge is 0.325 e. The second kappa shape index (κ2) is 5.51. The van der Waals surface area contributed by atoms with Gasteiger partial charge >= 0.3 is 6.03 Å². The van der Waals surface area contributed by atoms with E-state index in [4.69, 9.17) is 0 Å². The summed E-state index contributed by atoms with van der Waals surface area (Å²) in [6.45, 7) is 0. The molecule has 1 atom stereocenters. The van der Waals surface area contributed by atoms with Gasteiger partial charge in [0.1, 0.15) is 6.04 Å². The molecule has 2 aliphatic carbocycles. The van der Waals surface area contributed by atoms with Crippen LogP contribution in [0.3, 0.4) is 0 Å². The zero-order chi connectivity index (χ0) is 13.2. The van der Waals surface area contributed by atoms with E-state index in [2.05, 4.69) is 5.32 Å². The molecule has 3 fully saturated rings. The van der Waals surface area contributed by atoms with Crippen molar-refractivity contribution in [1.82, 2.24) is 10.2 Å². The Kier molecular flexibility index (Phi) is 3.76. The molecule has 1 N–H and O–H groups in total. The van der Waals surface area contributed by atoms with E-state index in [9.17, 15) is 9.59 Å². The van der Waals surface area contributed by atoms with Crippen LogP contribution in [-0.2, 0) is 4.79 Å². The van der Waals surface area contributed by atoms with Gasteiger partial charge in [0.15, 0.2) is 0 Å². The van der Waals surface area contributed by atoms with Gasteiger partial charge in [-0.1, -0.05) is 38.5 Å². The molecule has 1 saturated heterocycles. The Morgan fingerprint density at radius 1 is 0.842 bits per heavy atom. The molecule has 1 unspecified atom stereocenters. The first kappa shape index (κ1) is 12.9. The average molecular weight is 264 g/mol. The molecule has 3 amide bonds. The molecule has 3 aliphatic rings. The molecule has 4 nitrogen and oxygen atoms in total. The summed E-state index contributed by atoms with van der Waals surface area (Å²) in [4.78, 5) is 26.2. The average Bonchev–Trinajstić information content (AvgIpc) is 2.76. The van der Waals surface area contributed by atoms with E-state index in [1.165, 1.54) is 25.7 Å². The summed E-state index contributed by atoms with van der Waals surface area (Å²) in [5.41, 5.74) is 0. The number of urea groups is 1. The Morgan fingerprint density at radius 2 is 1.42 bits per heavy atom. The standard InChI is InChI=1S/C15H24N2O2/c18-14-13(11-7-3-1-4-8-11)16-15(19)17(14)12-9-5-2-6-10-12/h11-13H,1-10H2,(H,16,19). The first-order valence-corrected chi connectivity index (χ1v) is 7.91. The summed E-state index contributed by atoms with van der Waals surface area (Å²) in [6, 6.07) is -0.197. The maximum absolute atomic E-state index is 12.6. The van der Waals surface area contributed by atoms with Gasteiger partial charge in [0, 0.05) is 6.04 Å². The third kappa shape index (κ3) is 2.49. The fourth-order valence-corrected chi connectivity index (χ4v) is 3.99. The van der Waals surface area contributed by atoms with Gasteiger partial charge in [-0.25, -0.2) is 4.79 Å². The topological polar surface area (TPSA) is 49.4 Å². The molecule has 4 heteroatoms. The van der Waals surface area contributed by atoms with E-state index in [0.29, 0.717) is 5.92 Å². The molecule has 0 aromatic heterocycles. The molecular formula is C15H24N2O2. The molecule has 0 bridgehead atoms. The summed E-state index contributed by atoms with van der Waals surface area (Å²) in [7, 11) is 0. The SMILES string of the molecule is O=C1NC(C2CCCCC2)C(=O)N1C1CCCCC1. The van der Waals surface area contributed by atoms with Crippen molar-refractivity contribution in [1.29, 1.82) is 0 Å². The van der Waals surface area contributed by atoms with Crippen molar-refractivity contribution in [2.45, 2.75) is 76.3 Å². The highest BCUT2D eigenvalue weighted by Crippen LogP contribution is 2.32. The molecule has 2 saturated carbocycles. The molecule has 0 radical (unpaired) electrons. The van der Waals surface area contributed by atoms with Crippen LogP contribution in [0, 0.1) is 5.92 Å². The van der Waals surface area contributed by atoms with Crippen molar-refractivity contribution in [3.63, 3.8) is 0 Å². The van der Waals surface area contributed by atoms with Crippen LogP contribution in [0.25, 0.3) is 0 Å². The molecule has 1 heterocycles. The van der Waals surface area contributed by atoms with Gasteiger partial charge in [0.2, 0.25) is 0 Å². The number of hydrogen-bond acceptors (Lipinski definition) is 2. The second-order valence-corrected chi connectivity index (χ2v) is 6.33. The monoisotopic (exact) mass is 264 g/mol. The summed E-state index contributed by atoms with van der Waals surface area (Å²) in [5, 5.41) is 2.96. The predicted molar refractivity (Wildman–Crippen MR) is 72.6 cm³/mol. The van der Waals surface area contributed by atoms with E-state index >= 15 is 0 Å². The highest BCUT2D eigenvalue weighted by atomic mass is 16.2. The molecule has 0 aromatic rings. The van der Waals surface area contributed by atoms with Gasteiger partial charge in [-0.05, 0) is 31.6 Å². The van der Waals surface area contributed by atoms with Crippen molar-refractivity contribution >= 4 is 11.9 Å². The van der Waals surface area contributed by atoms with E-state index in [0.717, 1.165) is 38.5 Å². The largest absolute Gasteiger partial charge is 0.326 e. The zero-order valence-corrected chi connectivity index (χ0v) is 11.6. The van der Waals surface area contributed by atoms with Gasteiger partial charge in [0.05, 0.1) is 0 Å². The van der Waals surface area contributed by atoms with Crippen LogP contribution in [0.5, 0.6) is 0 Å². The fraction of sp³-hybridized carbons (Fsp3) is 0.867. The van der Waals surface area contributed by atoms with Crippen molar-refractivity contribution in [3.05, 3.63) is 0 Å². The molecule has 3 rings (SSSR count). The van der Waals surface area contributed by atoms with Gasteiger partial charge in [-0.2, -0.15) is 0 Å². The quantitative estimate of drug-likeness (QED) is 0.780.